The molecule has 1 unspecified atom stereocenters. The molecule has 3 rings (SSSR count). The summed E-state index contributed by atoms with van der Waals surface area (Å²) in [6.45, 7) is 3.88. The van der Waals surface area contributed by atoms with Crippen LogP contribution in [-0.4, -0.2) is 38.9 Å². The molecule has 2 N–H and O–H groups in total. The van der Waals surface area contributed by atoms with Crippen LogP contribution in [0, 0.1) is 5.41 Å². The fraction of sp³-hybridized carbons (Fsp3) is 0.353. The largest absolute Gasteiger partial charge is 0.337 e. The van der Waals surface area contributed by atoms with Crippen molar-refractivity contribution < 1.29 is 13.2 Å². The summed E-state index contributed by atoms with van der Waals surface area (Å²) in [6, 6.07) is 11.4. The summed E-state index contributed by atoms with van der Waals surface area (Å²) in [4.78, 5) is 15.1. The van der Waals surface area contributed by atoms with E-state index >= 15 is 0 Å². The van der Waals surface area contributed by atoms with Crippen LogP contribution in [0.4, 0.5) is 0 Å². The van der Waals surface area contributed by atoms with E-state index < -0.39 is 9.84 Å². The fourth-order valence-corrected chi connectivity index (χ4v) is 5.51. The summed E-state index contributed by atoms with van der Waals surface area (Å²) in [7, 11) is -3.57. The van der Waals surface area contributed by atoms with E-state index in [2.05, 4.69) is 6.92 Å². The number of rotatable bonds is 4. The molecule has 0 radical (unpaired) electrons. The highest BCUT2D eigenvalue weighted by atomic mass is 35.5. The summed E-state index contributed by atoms with van der Waals surface area (Å²) in [5.74, 6) is -0.119. The van der Waals surface area contributed by atoms with Gasteiger partial charge in [-0.3, -0.25) is 4.79 Å². The quantitative estimate of drug-likeness (QED) is 0.855. The van der Waals surface area contributed by atoms with Gasteiger partial charge in [-0.05, 0) is 42.6 Å². The van der Waals surface area contributed by atoms with Gasteiger partial charge in [0.1, 0.15) is 4.21 Å². The number of amides is 1. The van der Waals surface area contributed by atoms with Crippen LogP contribution in [0.25, 0.3) is 0 Å². The van der Waals surface area contributed by atoms with E-state index in [0.29, 0.717) is 24.5 Å². The van der Waals surface area contributed by atoms with Crippen LogP contribution in [0.5, 0.6) is 0 Å². The molecule has 1 aliphatic heterocycles. The average Bonchev–Trinajstić information content (AvgIpc) is 3.23. The maximum Gasteiger partial charge on any atom is 0.263 e. The Hall–Kier alpha value is -1.41. The number of carbonyl (C=O) groups excluding carboxylic acids is 1. The van der Waals surface area contributed by atoms with Gasteiger partial charge in [0.25, 0.3) is 5.91 Å². The molecular formula is C17H21ClN2O3S2. The van der Waals surface area contributed by atoms with Crippen LogP contribution in [0.1, 0.15) is 23.0 Å². The number of halogens is 1. The monoisotopic (exact) mass is 400 g/mol. The summed E-state index contributed by atoms with van der Waals surface area (Å²) in [5.41, 5.74) is 5.73. The van der Waals surface area contributed by atoms with Crippen molar-refractivity contribution in [2.75, 3.05) is 19.6 Å². The van der Waals surface area contributed by atoms with E-state index in [1.807, 2.05) is 0 Å². The summed E-state index contributed by atoms with van der Waals surface area (Å²) >= 11 is 1.03. The molecule has 0 bridgehead atoms. The number of thiophene rings is 1. The van der Waals surface area contributed by atoms with Crippen molar-refractivity contribution in [3.05, 3.63) is 47.3 Å². The number of hydrogen-bond donors (Lipinski definition) is 1. The van der Waals surface area contributed by atoms with E-state index in [9.17, 15) is 13.2 Å². The molecule has 0 saturated carbocycles. The molecule has 1 atom stereocenters. The number of likely N-dealkylation sites (tertiary alicyclic amines) is 1. The molecule has 1 saturated heterocycles. The lowest BCUT2D eigenvalue weighted by atomic mass is 9.90. The van der Waals surface area contributed by atoms with Crippen LogP contribution >= 0.6 is 23.7 Å². The predicted octanol–water partition coefficient (Wildman–Crippen LogP) is 2.81. The van der Waals surface area contributed by atoms with Gasteiger partial charge >= 0.3 is 0 Å². The standard InChI is InChI=1S/C17H20N2O3S2.ClH/c1-17(11-18)9-10-19(12-17)16(20)14-7-8-15(23-14)24(21,22)13-5-3-2-4-6-13;/h2-8H,9-12,18H2,1H3;1H. The van der Waals surface area contributed by atoms with E-state index in [1.54, 1.807) is 41.3 Å². The molecule has 2 heterocycles. The van der Waals surface area contributed by atoms with Gasteiger partial charge in [-0.1, -0.05) is 25.1 Å². The van der Waals surface area contributed by atoms with Crippen molar-refractivity contribution in [1.82, 2.24) is 4.90 Å². The van der Waals surface area contributed by atoms with Crippen LogP contribution in [0.15, 0.2) is 51.6 Å². The third kappa shape index (κ3) is 3.89. The molecule has 25 heavy (non-hydrogen) atoms. The topological polar surface area (TPSA) is 80.5 Å². The minimum Gasteiger partial charge on any atom is -0.337 e. The minimum atomic E-state index is -3.57. The number of nitrogens with zero attached hydrogens (tertiary/aromatic N) is 1. The number of nitrogens with two attached hydrogens (primary N) is 1. The molecule has 8 heteroatoms. The Labute approximate surface area is 158 Å². The Morgan fingerprint density at radius 3 is 2.52 bits per heavy atom. The lowest BCUT2D eigenvalue weighted by molar-refractivity contribution is 0.0781. The van der Waals surface area contributed by atoms with Crippen molar-refractivity contribution in [3.8, 4) is 0 Å². The Bertz CT molecular complexity index is 852. The smallest absolute Gasteiger partial charge is 0.263 e. The number of benzene rings is 1. The van der Waals surface area contributed by atoms with Crippen LogP contribution in [-0.2, 0) is 9.84 Å². The Morgan fingerprint density at radius 1 is 1.24 bits per heavy atom. The zero-order valence-corrected chi connectivity index (χ0v) is 16.3. The minimum absolute atomic E-state index is 0. The van der Waals surface area contributed by atoms with E-state index in [4.69, 9.17) is 5.73 Å². The van der Waals surface area contributed by atoms with Gasteiger partial charge < -0.3 is 10.6 Å². The predicted molar refractivity (Wildman–Crippen MR) is 101 cm³/mol. The molecule has 0 aliphatic carbocycles. The van der Waals surface area contributed by atoms with Crippen molar-refractivity contribution >= 4 is 39.5 Å². The highest BCUT2D eigenvalue weighted by molar-refractivity contribution is 7.93. The van der Waals surface area contributed by atoms with Gasteiger partial charge in [0.2, 0.25) is 9.84 Å². The van der Waals surface area contributed by atoms with Gasteiger partial charge in [0, 0.05) is 13.1 Å². The average molecular weight is 401 g/mol. The number of hydrogen-bond acceptors (Lipinski definition) is 5. The molecular weight excluding hydrogens is 380 g/mol. The lowest BCUT2D eigenvalue weighted by Crippen LogP contribution is -2.34. The SMILES string of the molecule is CC1(CN)CCN(C(=O)c2ccc(S(=O)(=O)c3ccccc3)s2)C1.Cl. The summed E-state index contributed by atoms with van der Waals surface area (Å²) < 4.78 is 25.4. The first-order valence-corrected chi connectivity index (χ1v) is 10.0. The van der Waals surface area contributed by atoms with Crippen LogP contribution in [0.2, 0.25) is 0 Å². The molecule has 0 spiro atoms. The zero-order chi connectivity index (χ0) is 17.4. The second-order valence-electron chi connectivity index (χ2n) is 6.43. The highest BCUT2D eigenvalue weighted by Gasteiger charge is 2.35. The molecule has 1 amide bonds. The van der Waals surface area contributed by atoms with Gasteiger partial charge in [0.05, 0.1) is 9.77 Å². The Kier molecular flexibility index (Phi) is 5.93. The lowest BCUT2D eigenvalue weighted by Gasteiger charge is -2.22. The van der Waals surface area contributed by atoms with E-state index in [-0.39, 0.29) is 32.8 Å². The maximum absolute atomic E-state index is 12.6. The second kappa shape index (κ2) is 7.45. The van der Waals surface area contributed by atoms with Gasteiger partial charge in [-0.15, -0.1) is 23.7 Å². The van der Waals surface area contributed by atoms with Crippen LogP contribution in [0.3, 0.4) is 0 Å². The number of sulfone groups is 1. The third-order valence-corrected chi connectivity index (χ3v) is 7.78. The Balaban J connectivity index is 0.00000225. The summed E-state index contributed by atoms with van der Waals surface area (Å²) in [6.07, 6.45) is 0.871. The highest BCUT2D eigenvalue weighted by Crippen LogP contribution is 2.32. The molecule has 2 aromatic rings. The molecule has 136 valence electrons. The van der Waals surface area contributed by atoms with E-state index in [0.717, 1.165) is 17.8 Å². The molecule has 1 aromatic carbocycles. The Morgan fingerprint density at radius 2 is 1.92 bits per heavy atom. The normalized spacial score (nSPS) is 20.3. The third-order valence-electron chi connectivity index (χ3n) is 4.45. The molecule has 1 aromatic heterocycles. The van der Waals surface area contributed by atoms with Crippen molar-refractivity contribution in [2.45, 2.75) is 22.4 Å². The first-order valence-electron chi connectivity index (χ1n) is 7.75. The summed E-state index contributed by atoms with van der Waals surface area (Å²) in [5, 5.41) is 0. The van der Waals surface area contributed by atoms with E-state index in [1.165, 1.54) is 6.07 Å². The molecule has 5 nitrogen and oxygen atoms in total. The van der Waals surface area contributed by atoms with Gasteiger partial charge in [0.15, 0.2) is 0 Å². The first-order chi connectivity index (χ1) is 11.4. The van der Waals surface area contributed by atoms with Crippen molar-refractivity contribution in [1.29, 1.82) is 0 Å². The van der Waals surface area contributed by atoms with Gasteiger partial charge in [-0.25, -0.2) is 8.42 Å². The molecule has 1 fully saturated rings. The number of carbonyl (C=O) groups is 1. The van der Waals surface area contributed by atoms with Crippen LogP contribution < -0.4 is 5.73 Å². The van der Waals surface area contributed by atoms with Crippen molar-refractivity contribution in [2.24, 2.45) is 11.1 Å². The first kappa shape index (κ1) is 19.9. The second-order valence-corrected chi connectivity index (χ2v) is 9.69. The van der Waals surface area contributed by atoms with Crippen molar-refractivity contribution in [3.63, 3.8) is 0 Å². The van der Waals surface area contributed by atoms with Gasteiger partial charge in [-0.2, -0.15) is 0 Å². The molecule has 1 aliphatic rings. The maximum atomic E-state index is 12.6. The fourth-order valence-electron chi connectivity index (χ4n) is 2.81. The zero-order valence-electron chi connectivity index (χ0n) is 13.8.